The molecule has 14 heavy (non-hydrogen) atoms. The maximum Gasteiger partial charge on any atom is 0.223 e. The van der Waals surface area contributed by atoms with Crippen molar-refractivity contribution >= 4 is 5.91 Å². The van der Waals surface area contributed by atoms with Crippen LogP contribution in [0, 0.1) is 16.7 Å². The molecule has 0 radical (unpaired) electrons. The molecule has 0 aromatic carbocycles. The van der Waals surface area contributed by atoms with Crippen LogP contribution < -0.4 is 11.1 Å². The Bertz CT molecular complexity index is 248. The average Bonchev–Trinajstić information content (AvgIpc) is 1.90. The van der Waals surface area contributed by atoms with Crippen molar-refractivity contribution in [3.8, 4) is 0 Å². The minimum Gasteiger partial charge on any atom is -0.369 e. The third-order valence-corrected chi connectivity index (χ3v) is 3.75. The highest BCUT2D eigenvalue weighted by molar-refractivity contribution is 5.82. The molecule has 3 heteroatoms. The maximum absolute atomic E-state index is 11.5. The van der Waals surface area contributed by atoms with Crippen molar-refractivity contribution in [2.24, 2.45) is 22.5 Å². The smallest absolute Gasteiger partial charge is 0.223 e. The van der Waals surface area contributed by atoms with Gasteiger partial charge in [0.05, 0.1) is 5.41 Å². The van der Waals surface area contributed by atoms with Crippen molar-refractivity contribution in [3.05, 3.63) is 0 Å². The normalized spacial score (nSPS) is 27.1. The molecule has 1 aliphatic carbocycles. The van der Waals surface area contributed by atoms with Crippen molar-refractivity contribution in [3.63, 3.8) is 0 Å². The number of carbonyl (C=O) groups is 1. The zero-order valence-corrected chi connectivity index (χ0v) is 9.10. The van der Waals surface area contributed by atoms with Crippen molar-refractivity contribution in [1.29, 1.82) is 0 Å². The third kappa shape index (κ3) is 1.34. The van der Waals surface area contributed by atoms with Crippen LogP contribution in [0.2, 0.25) is 0 Å². The molecule has 1 amide bonds. The molecule has 1 saturated heterocycles. The molecule has 1 saturated carbocycles. The predicted molar refractivity (Wildman–Crippen MR) is 55.6 cm³/mol. The fourth-order valence-electron chi connectivity index (χ4n) is 3.31. The van der Waals surface area contributed by atoms with Gasteiger partial charge < -0.3 is 11.1 Å². The fourth-order valence-corrected chi connectivity index (χ4v) is 3.31. The van der Waals surface area contributed by atoms with Crippen LogP contribution in [0.15, 0.2) is 0 Å². The summed E-state index contributed by atoms with van der Waals surface area (Å²) in [5.41, 5.74) is 5.79. The first kappa shape index (κ1) is 9.97. The third-order valence-electron chi connectivity index (χ3n) is 3.75. The highest BCUT2D eigenvalue weighted by atomic mass is 16.1. The van der Waals surface area contributed by atoms with Gasteiger partial charge in [-0.3, -0.25) is 4.79 Å². The molecular weight excluding hydrogens is 176 g/mol. The zero-order chi connectivity index (χ0) is 10.4. The molecule has 1 heterocycles. The van der Waals surface area contributed by atoms with Gasteiger partial charge in [0.25, 0.3) is 0 Å². The molecule has 0 unspecified atom stereocenters. The van der Waals surface area contributed by atoms with E-state index in [1.165, 1.54) is 0 Å². The zero-order valence-electron chi connectivity index (χ0n) is 9.10. The summed E-state index contributed by atoms with van der Waals surface area (Å²) in [5.74, 6) is 0.483. The van der Waals surface area contributed by atoms with E-state index < -0.39 is 0 Å². The molecule has 0 atom stereocenters. The lowest BCUT2D eigenvalue weighted by Crippen LogP contribution is -2.67. The summed E-state index contributed by atoms with van der Waals surface area (Å²) in [6.07, 6.45) is 2.99. The van der Waals surface area contributed by atoms with Crippen LogP contribution in [0.4, 0.5) is 0 Å². The lowest BCUT2D eigenvalue weighted by atomic mass is 9.48. The molecule has 3 N–H and O–H groups in total. The molecule has 2 aliphatic rings. The molecule has 1 spiro atoms. The van der Waals surface area contributed by atoms with Crippen LogP contribution in [0.3, 0.4) is 0 Å². The fraction of sp³-hybridized carbons (Fsp3) is 0.909. The van der Waals surface area contributed by atoms with Crippen LogP contribution >= 0.6 is 0 Å². The number of hydrogen-bond acceptors (Lipinski definition) is 2. The lowest BCUT2D eigenvalue weighted by molar-refractivity contribution is -0.151. The SMILES string of the molecule is CC(C)CC1(C(N)=O)CC2(CNC2)C1. The Kier molecular flexibility index (Phi) is 2.11. The molecule has 2 rings (SSSR count). The van der Waals surface area contributed by atoms with Gasteiger partial charge in [0.2, 0.25) is 5.91 Å². The topological polar surface area (TPSA) is 55.1 Å². The summed E-state index contributed by atoms with van der Waals surface area (Å²) in [6.45, 7) is 6.49. The predicted octanol–water partition coefficient (Wildman–Crippen LogP) is 0.888. The van der Waals surface area contributed by atoms with Gasteiger partial charge in [-0.15, -0.1) is 0 Å². The van der Waals surface area contributed by atoms with Gasteiger partial charge in [0, 0.05) is 13.1 Å². The molecule has 1 aliphatic heterocycles. The Morgan fingerprint density at radius 1 is 1.43 bits per heavy atom. The number of hydrogen-bond donors (Lipinski definition) is 2. The van der Waals surface area contributed by atoms with Crippen LogP contribution in [0.5, 0.6) is 0 Å². The van der Waals surface area contributed by atoms with Crippen LogP contribution in [-0.4, -0.2) is 19.0 Å². The van der Waals surface area contributed by atoms with E-state index in [-0.39, 0.29) is 11.3 Å². The molecule has 0 bridgehead atoms. The van der Waals surface area contributed by atoms with Gasteiger partial charge in [0.15, 0.2) is 0 Å². The largest absolute Gasteiger partial charge is 0.369 e. The molecule has 80 valence electrons. The Morgan fingerprint density at radius 3 is 2.29 bits per heavy atom. The van der Waals surface area contributed by atoms with Crippen LogP contribution in [0.1, 0.15) is 33.1 Å². The molecule has 2 fully saturated rings. The van der Waals surface area contributed by atoms with Gasteiger partial charge in [-0.2, -0.15) is 0 Å². The second-order valence-corrected chi connectivity index (χ2v) is 5.70. The molecular formula is C11H20N2O. The van der Waals surface area contributed by atoms with Crippen molar-refractivity contribution in [1.82, 2.24) is 5.32 Å². The average molecular weight is 196 g/mol. The highest BCUT2D eigenvalue weighted by Crippen LogP contribution is 2.59. The Morgan fingerprint density at radius 2 is 2.00 bits per heavy atom. The van der Waals surface area contributed by atoms with Gasteiger partial charge in [-0.05, 0) is 30.6 Å². The van der Waals surface area contributed by atoms with Gasteiger partial charge in [0.1, 0.15) is 0 Å². The standard InChI is InChI=1S/C11H20N2O/c1-8(2)3-11(9(12)14)4-10(5-11)6-13-7-10/h8,13H,3-7H2,1-2H3,(H2,12,14). The number of nitrogens with one attached hydrogen (secondary N) is 1. The second-order valence-electron chi connectivity index (χ2n) is 5.70. The first-order chi connectivity index (χ1) is 6.48. The maximum atomic E-state index is 11.5. The second kappa shape index (κ2) is 2.96. The first-order valence-corrected chi connectivity index (χ1v) is 5.49. The Balaban J connectivity index is 2.01. The summed E-state index contributed by atoms with van der Waals surface area (Å²) in [7, 11) is 0. The van der Waals surface area contributed by atoms with Crippen molar-refractivity contribution < 1.29 is 4.79 Å². The number of rotatable bonds is 3. The first-order valence-electron chi connectivity index (χ1n) is 5.49. The van der Waals surface area contributed by atoms with Gasteiger partial charge >= 0.3 is 0 Å². The van der Waals surface area contributed by atoms with E-state index in [1.807, 2.05) is 0 Å². The number of amides is 1. The highest BCUT2D eigenvalue weighted by Gasteiger charge is 2.59. The summed E-state index contributed by atoms with van der Waals surface area (Å²) < 4.78 is 0. The van der Waals surface area contributed by atoms with Crippen molar-refractivity contribution in [2.45, 2.75) is 33.1 Å². The summed E-state index contributed by atoms with van der Waals surface area (Å²) in [4.78, 5) is 11.5. The minimum absolute atomic E-state index is 0.0799. The van der Waals surface area contributed by atoms with Crippen molar-refractivity contribution in [2.75, 3.05) is 13.1 Å². The molecule has 0 aromatic heterocycles. The van der Waals surface area contributed by atoms with E-state index in [4.69, 9.17) is 5.73 Å². The van der Waals surface area contributed by atoms with E-state index in [0.717, 1.165) is 32.4 Å². The number of nitrogens with two attached hydrogens (primary N) is 1. The van der Waals surface area contributed by atoms with Crippen LogP contribution in [0.25, 0.3) is 0 Å². The summed E-state index contributed by atoms with van der Waals surface area (Å²) in [6, 6.07) is 0. The summed E-state index contributed by atoms with van der Waals surface area (Å²) in [5, 5.41) is 3.28. The Hall–Kier alpha value is -0.570. The number of carbonyl (C=O) groups excluding carboxylic acids is 1. The molecule has 0 aromatic rings. The van der Waals surface area contributed by atoms with Gasteiger partial charge in [-0.25, -0.2) is 0 Å². The molecule has 3 nitrogen and oxygen atoms in total. The monoisotopic (exact) mass is 196 g/mol. The van der Waals surface area contributed by atoms with E-state index in [9.17, 15) is 4.79 Å². The lowest BCUT2D eigenvalue weighted by Gasteiger charge is -2.60. The van der Waals surface area contributed by atoms with E-state index >= 15 is 0 Å². The van der Waals surface area contributed by atoms with E-state index in [0.29, 0.717) is 11.3 Å². The van der Waals surface area contributed by atoms with E-state index in [2.05, 4.69) is 19.2 Å². The summed E-state index contributed by atoms with van der Waals surface area (Å²) >= 11 is 0. The van der Waals surface area contributed by atoms with Gasteiger partial charge in [-0.1, -0.05) is 13.8 Å². The minimum atomic E-state index is -0.170. The Labute approximate surface area is 85.4 Å². The quantitative estimate of drug-likeness (QED) is 0.704. The number of primary amides is 1. The van der Waals surface area contributed by atoms with Crippen LogP contribution in [-0.2, 0) is 4.79 Å². The van der Waals surface area contributed by atoms with E-state index in [1.54, 1.807) is 0 Å².